The average molecular weight is 329 g/mol. The minimum atomic E-state index is -0.303. The van der Waals surface area contributed by atoms with Gasteiger partial charge in [0.2, 0.25) is 0 Å². The van der Waals surface area contributed by atoms with E-state index in [0.717, 1.165) is 24.3 Å². The summed E-state index contributed by atoms with van der Waals surface area (Å²) in [4.78, 5) is 25.2. The molecule has 1 aromatic rings. The molecule has 2 aliphatic heterocycles. The van der Waals surface area contributed by atoms with E-state index >= 15 is 0 Å². The summed E-state index contributed by atoms with van der Waals surface area (Å²) in [6.07, 6.45) is 9.85. The Hall–Kier alpha value is -2.21. The van der Waals surface area contributed by atoms with Crippen LogP contribution in [0.5, 0.6) is 0 Å². The van der Waals surface area contributed by atoms with Crippen LogP contribution in [-0.2, 0) is 14.3 Å². The zero-order valence-corrected chi connectivity index (χ0v) is 14.1. The molecular formula is C18H23N3O3. The van der Waals surface area contributed by atoms with Crippen molar-refractivity contribution in [1.82, 2.24) is 15.1 Å². The van der Waals surface area contributed by atoms with Crippen LogP contribution in [0, 0.1) is 11.8 Å². The van der Waals surface area contributed by atoms with Gasteiger partial charge in [0.25, 0.3) is 11.8 Å². The lowest BCUT2D eigenvalue weighted by Gasteiger charge is -2.32. The van der Waals surface area contributed by atoms with Crippen LogP contribution in [0.15, 0.2) is 24.4 Å². The van der Waals surface area contributed by atoms with E-state index in [2.05, 4.69) is 24.0 Å². The largest absolute Gasteiger partial charge is 0.371 e. The topological polar surface area (TPSA) is 75.3 Å². The van der Waals surface area contributed by atoms with E-state index in [4.69, 9.17) is 4.74 Å². The fourth-order valence-corrected chi connectivity index (χ4v) is 3.34. The molecule has 3 unspecified atom stereocenters. The van der Waals surface area contributed by atoms with Crippen molar-refractivity contribution in [2.75, 3.05) is 13.2 Å². The summed E-state index contributed by atoms with van der Waals surface area (Å²) in [7, 11) is 0. The number of imide groups is 1. The fourth-order valence-electron chi connectivity index (χ4n) is 3.34. The van der Waals surface area contributed by atoms with E-state index in [-0.39, 0.29) is 17.9 Å². The zero-order valence-electron chi connectivity index (χ0n) is 14.1. The Kier molecular flexibility index (Phi) is 4.94. The Bertz CT molecular complexity index is 677. The lowest BCUT2D eigenvalue weighted by molar-refractivity contribution is -0.139. The van der Waals surface area contributed by atoms with Gasteiger partial charge in [-0.25, -0.2) is 0 Å². The van der Waals surface area contributed by atoms with Crippen molar-refractivity contribution < 1.29 is 14.3 Å². The van der Waals surface area contributed by atoms with Crippen LogP contribution in [0.4, 0.5) is 0 Å². The molecule has 3 atom stereocenters. The van der Waals surface area contributed by atoms with Crippen molar-refractivity contribution in [3.05, 3.63) is 35.7 Å². The van der Waals surface area contributed by atoms with E-state index in [1.54, 1.807) is 18.3 Å². The number of nitrogens with one attached hydrogen (secondary N) is 1. The molecule has 0 radical (unpaired) electrons. The number of rotatable bonds is 3. The molecule has 1 N–H and O–H groups in total. The van der Waals surface area contributed by atoms with Crippen LogP contribution in [0.25, 0.3) is 6.08 Å². The van der Waals surface area contributed by atoms with Gasteiger partial charge >= 0.3 is 0 Å². The molecule has 2 aliphatic rings. The first-order valence-corrected chi connectivity index (χ1v) is 8.41. The number of aromatic amines is 1. The van der Waals surface area contributed by atoms with Gasteiger partial charge in [-0.3, -0.25) is 19.6 Å². The van der Waals surface area contributed by atoms with Crippen molar-refractivity contribution in [3.63, 3.8) is 0 Å². The highest BCUT2D eigenvalue weighted by molar-refractivity contribution is 6.06. The van der Waals surface area contributed by atoms with Crippen molar-refractivity contribution in [2.45, 2.75) is 32.8 Å². The SMILES string of the molecule is CC1COC(c2n[nH]cc2/C=C/C(=O)N2CCC=CC2=O)C(C)C1. The minimum Gasteiger partial charge on any atom is -0.371 e. The van der Waals surface area contributed by atoms with Crippen molar-refractivity contribution in [3.8, 4) is 0 Å². The Balaban J connectivity index is 1.72. The Morgan fingerprint density at radius 2 is 2.29 bits per heavy atom. The van der Waals surface area contributed by atoms with Crippen molar-refractivity contribution in [1.29, 1.82) is 0 Å². The van der Waals surface area contributed by atoms with Gasteiger partial charge in [0.05, 0.1) is 12.3 Å². The second-order valence-corrected chi connectivity index (χ2v) is 6.65. The molecule has 1 fully saturated rings. The lowest BCUT2D eigenvalue weighted by Crippen LogP contribution is -2.37. The first kappa shape index (κ1) is 16.6. The van der Waals surface area contributed by atoms with E-state index in [1.165, 1.54) is 17.1 Å². The van der Waals surface area contributed by atoms with Crippen LogP contribution in [0.3, 0.4) is 0 Å². The molecule has 128 valence electrons. The fraction of sp³-hybridized carbons (Fsp3) is 0.500. The van der Waals surface area contributed by atoms with Gasteiger partial charge in [0.15, 0.2) is 0 Å². The maximum atomic E-state index is 12.2. The number of ether oxygens (including phenoxy) is 1. The summed E-state index contributed by atoms with van der Waals surface area (Å²) in [5.74, 6) is 0.354. The van der Waals surface area contributed by atoms with Crippen LogP contribution in [0.2, 0.25) is 0 Å². The summed E-state index contributed by atoms with van der Waals surface area (Å²) in [6, 6.07) is 0. The summed E-state index contributed by atoms with van der Waals surface area (Å²) >= 11 is 0. The van der Waals surface area contributed by atoms with Gasteiger partial charge in [0.1, 0.15) is 6.10 Å². The molecule has 3 rings (SSSR count). The Labute approximate surface area is 141 Å². The number of hydrogen-bond donors (Lipinski definition) is 1. The molecule has 1 saturated heterocycles. The Morgan fingerprint density at radius 1 is 1.46 bits per heavy atom. The lowest BCUT2D eigenvalue weighted by atomic mass is 9.88. The molecule has 1 aromatic heterocycles. The molecule has 3 heterocycles. The molecule has 0 aliphatic carbocycles. The van der Waals surface area contributed by atoms with E-state index in [0.29, 0.717) is 24.8 Å². The predicted octanol–water partition coefficient (Wildman–Crippen LogP) is 2.47. The number of amides is 2. The number of nitrogens with zero attached hydrogens (tertiary/aromatic N) is 2. The molecule has 0 spiro atoms. The third-order valence-corrected chi connectivity index (χ3v) is 4.54. The zero-order chi connectivity index (χ0) is 17.1. The highest BCUT2D eigenvalue weighted by Gasteiger charge is 2.30. The molecule has 0 aromatic carbocycles. The predicted molar refractivity (Wildman–Crippen MR) is 89.7 cm³/mol. The maximum absolute atomic E-state index is 12.2. The first-order chi connectivity index (χ1) is 11.6. The van der Waals surface area contributed by atoms with Crippen LogP contribution in [0.1, 0.15) is 44.1 Å². The first-order valence-electron chi connectivity index (χ1n) is 8.41. The van der Waals surface area contributed by atoms with E-state index in [9.17, 15) is 9.59 Å². The summed E-state index contributed by atoms with van der Waals surface area (Å²) in [6.45, 7) is 5.49. The van der Waals surface area contributed by atoms with Gasteiger partial charge in [-0.05, 0) is 36.8 Å². The average Bonchev–Trinajstić information content (AvgIpc) is 3.01. The Morgan fingerprint density at radius 3 is 3.04 bits per heavy atom. The number of carbonyl (C=O) groups excluding carboxylic acids is 2. The third-order valence-electron chi connectivity index (χ3n) is 4.54. The van der Waals surface area contributed by atoms with Gasteiger partial charge in [-0.2, -0.15) is 5.10 Å². The van der Waals surface area contributed by atoms with Crippen LogP contribution < -0.4 is 0 Å². The summed E-state index contributed by atoms with van der Waals surface area (Å²) in [5.41, 5.74) is 1.65. The highest BCUT2D eigenvalue weighted by atomic mass is 16.5. The van der Waals surface area contributed by atoms with Crippen molar-refractivity contribution >= 4 is 17.9 Å². The number of hydrogen-bond acceptors (Lipinski definition) is 4. The molecular weight excluding hydrogens is 306 g/mol. The third kappa shape index (κ3) is 3.48. The monoisotopic (exact) mass is 329 g/mol. The molecule has 0 bridgehead atoms. The molecule has 6 heteroatoms. The van der Waals surface area contributed by atoms with Crippen LogP contribution in [-0.4, -0.2) is 40.1 Å². The molecule has 6 nitrogen and oxygen atoms in total. The minimum absolute atomic E-state index is 0.0678. The quantitative estimate of drug-likeness (QED) is 0.865. The number of carbonyl (C=O) groups is 2. The van der Waals surface area contributed by atoms with Crippen LogP contribution >= 0.6 is 0 Å². The molecule has 0 saturated carbocycles. The second-order valence-electron chi connectivity index (χ2n) is 6.65. The van der Waals surface area contributed by atoms with Crippen molar-refractivity contribution in [2.24, 2.45) is 11.8 Å². The molecule has 2 amide bonds. The maximum Gasteiger partial charge on any atom is 0.253 e. The number of H-pyrrole nitrogens is 1. The van der Waals surface area contributed by atoms with Gasteiger partial charge in [-0.1, -0.05) is 19.9 Å². The molecule has 24 heavy (non-hydrogen) atoms. The van der Waals surface area contributed by atoms with E-state index in [1.807, 2.05) is 0 Å². The summed E-state index contributed by atoms with van der Waals surface area (Å²) in [5, 5.41) is 7.17. The smallest absolute Gasteiger partial charge is 0.253 e. The second kappa shape index (κ2) is 7.13. The number of aromatic nitrogens is 2. The highest BCUT2D eigenvalue weighted by Crippen LogP contribution is 2.36. The van der Waals surface area contributed by atoms with Gasteiger partial charge in [-0.15, -0.1) is 0 Å². The normalized spacial score (nSPS) is 27.8. The van der Waals surface area contributed by atoms with E-state index < -0.39 is 0 Å². The van der Waals surface area contributed by atoms with Gasteiger partial charge < -0.3 is 4.74 Å². The van der Waals surface area contributed by atoms with Gasteiger partial charge in [0, 0.05) is 24.4 Å². The standard InChI is InChI=1S/C18H23N3O3/c1-12-9-13(2)18(24-11-12)17-14(10-19-20-17)6-7-16(23)21-8-4-3-5-15(21)22/h3,5-7,10,12-13,18H,4,8-9,11H2,1-2H3,(H,19,20)/b7-6+. The summed E-state index contributed by atoms with van der Waals surface area (Å²) < 4.78 is 5.95.